The standard InChI is InChI=1S/C22H20N4O3S/c1-4-29-21(28)19-14(3)26(15-11-9-13(2)10-12-15)22(30-19)25-24-18-16-7-5-6-8-17(16)23-20(18)27/h5-12H,4H2,1-3H3,(H,23,24,27)/b25-22-. The fourth-order valence-electron chi connectivity index (χ4n) is 3.20. The zero-order valence-electron chi connectivity index (χ0n) is 16.8. The normalized spacial score (nSPS) is 14.7. The highest BCUT2D eigenvalue weighted by Gasteiger charge is 2.25. The Morgan fingerprint density at radius 1 is 1.10 bits per heavy atom. The number of benzene rings is 2. The van der Waals surface area contributed by atoms with Gasteiger partial charge >= 0.3 is 5.97 Å². The van der Waals surface area contributed by atoms with Gasteiger partial charge in [-0.15, -0.1) is 10.2 Å². The first-order valence-corrected chi connectivity index (χ1v) is 10.3. The number of rotatable bonds is 4. The minimum atomic E-state index is -0.404. The molecule has 8 heteroatoms. The molecule has 2 aromatic carbocycles. The van der Waals surface area contributed by atoms with Crippen molar-refractivity contribution < 1.29 is 14.3 Å². The van der Waals surface area contributed by atoms with Crippen molar-refractivity contribution in [1.29, 1.82) is 0 Å². The van der Waals surface area contributed by atoms with Crippen molar-refractivity contribution in [2.24, 2.45) is 10.2 Å². The molecule has 0 saturated heterocycles. The first kappa shape index (κ1) is 19.8. The number of aromatic nitrogens is 1. The SMILES string of the molecule is CCOC(=O)c1s/c(=N\N=C2/C(=O)Nc3ccccc32)n(-c2ccc(C)cc2)c1C. The van der Waals surface area contributed by atoms with E-state index in [0.29, 0.717) is 26.6 Å². The number of nitrogens with zero attached hydrogens (tertiary/aromatic N) is 3. The number of hydrogen-bond donors (Lipinski definition) is 1. The van der Waals surface area contributed by atoms with Gasteiger partial charge in [0.05, 0.1) is 12.3 Å². The van der Waals surface area contributed by atoms with Gasteiger partial charge in [0.2, 0.25) is 4.80 Å². The second-order valence-corrected chi connectivity index (χ2v) is 7.72. The van der Waals surface area contributed by atoms with E-state index < -0.39 is 5.97 Å². The summed E-state index contributed by atoms with van der Waals surface area (Å²) in [5.74, 6) is -0.709. The van der Waals surface area contributed by atoms with Crippen LogP contribution in [0, 0.1) is 13.8 Å². The Hall–Kier alpha value is -3.52. The Morgan fingerprint density at radius 2 is 1.83 bits per heavy atom. The molecule has 0 radical (unpaired) electrons. The first-order chi connectivity index (χ1) is 14.5. The fraction of sp³-hybridized carbons (Fsp3) is 0.182. The molecule has 0 aliphatic carbocycles. The smallest absolute Gasteiger partial charge is 0.350 e. The molecule has 0 spiro atoms. The topological polar surface area (TPSA) is 85.1 Å². The Kier molecular flexibility index (Phi) is 5.33. The number of esters is 1. The summed E-state index contributed by atoms with van der Waals surface area (Å²) in [7, 11) is 0. The molecule has 0 bridgehead atoms. The minimum absolute atomic E-state index is 0.241. The quantitative estimate of drug-likeness (QED) is 0.517. The summed E-state index contributed by atoms with van der Waals surface area (Å²) in [4.78, 5) is 25.7. The van der Waals surface area contributed by atoms with E-state index in [2.05, 4.69) is 15.5 Å². The molecule has 1 aromatic heterocycles. The summed E-state index contributed by atoms with van der Waals surface area (Å²) in [5.41, 5.74) is 4.32. The van der Waals surface area contributed by atoms with E-state index >= 15 is 0 Å². The number of fused-ring (bicyclic) bond motifs is 1. The van der Waals surface area contributed by atoms with Crippen LogP contribution in [0.1, 0.15) is 33.4 Å². The highest BCUT2D eigenvalue weighted by atomic mass is 32.1. The van der Waals surface area contributed by atoms with Gasteiger partial charge in [-0.05, 0) is 39.0 Å². The summed E-state index contributed by atoms with van der Waals surface area (Å²) in [5, 5.41) is 11.4. The molecule has 0 atom stereocenters. The van der Waals surface area contributed by atoms with Crippen LogP contribution >= 0.6 is 11.3 Å². The second-order valence-electron chi connectivity index (χ2n) is 6.74. The Morgan fingerprint density at radius 3 is 2.57 bits per heavy atom. The van der Waals surface area contributed by atoms with Gasteiger partial charge in [0, 0.05) is 16.9 Å². The van der Waals surface area contributed by atoms with Crippen LogP contribution in [-0.4, -0.2) is 28.8 Å². The summed E-state index contributed by atoms with van der Waals surface area (Å²) in [6, 6.07) is 15.2. The van der Waals surface area contributed by atoms with Crippen molar-refractivity contribution in [2.45, 2.75) is 20.8 Å². The molecule has 1 amide bonds. The van der Waals surface area contributed by atoms with E-state index in [-0.39, 0.29) is 18.2 Å². The van der Waals surface area contributed by atoms with E-state index in [1.807, 2.05) is 66.9 Å². The molecule has 4 rings (SSSR count). The molecule has 152 valence electrons. The molecule has 0 unspecified atom stereocenters. The third-order valence-corrected chi connectivity index (χ3v) is 5.80. The molecular formula is C22H20N4O3S. The van der Waals surface area contributed by atoms with Crippen LogP contribution < -0.4 is 10.1 Å². The van der Waals surface area contributed by atoms with E-state index in [4.69, 9.17) is 4.74 Å². The summed E-state index contributed by atoms with van der Waals surface area (Å²) >= 11 is 1.18. The zero-order chi connectivity index (χ0) is 21.3. The molecule has 0 saturated carbocycles. The maximum Gasteiger partial charge on any atom is 0.350 e. The molecule has 7 nitrogen and oxygen atoms in total. The van der Waals surface area contributed by atoms with E-state index in [9.17, 15) is 9.59 Å². The third kappa shape index (κ3) is 3.57. The molecule has 3 aromatic rings. The van der Waals surface area contributed by atoms with Crippen molar-refractivity contribution in [3.8, 4) is 5.69 Å². The molecular weight excluding hydrogens is 400 g/mol. The fourth-order valence-corrected chi connectivity index (χ4v) is 4.18. The highest BCUT2D eigenvalue weighted by molar-refractivity contribution is 7.11. The highest BCUT2D eigenvalue weighted by Crippen LogP contribution is 2.23. The number of carbonyl (C=O) groups excluding carboxylic acids is 2. The Labute approximate surface area is 177 Å². The van der Waals surface area contributed by atoms with Gasteiger partial charge in [-0.25, -0.2) is 4.79 Å². The van der Waals surface area contributed by atoms with Gasteiger partial charge in [-0.2, -0.15) is 0 Å². The van der Waals surface area contributed by atoms with Crippen LogP contribution in [0.4, 0.5) is 5.69 Å². The van der Waals surface area contributed by atoms with Gasteiger partial charge in [-0.1, -0.05) is 47.2 Å². The van der Waals surface area contributed by atoms with Crippen LogP contribution in [0.25, 0.3) is 5.69 Å². The number of anilines is 1. The summed E-state index contributed by atoms with van der Waals surface area (Å²) in [6.45, 7) is 5.90. The van der Waals surface area contributed by atoms with Crippen molar-refractivity contribution in [3.05, 3.63) is 75.0 Å². The average molecular weight is 420 g/mol. The zero-order valence-corrected chi connectivity index (χ0v) is 17.6. The molecule has 1 N–H and O–H groups in total. The van der Waals surface area contributed by atoms with Gasteiger partial charge in [0.25, 0.3) is 5.91 Å². The Bertz CT molecular complexity index is 1240. The van der Waals surface area contributed by atoms with Crippen molar-refractivity contribution in [1.82, 2.24) is 4.57 Å². The maximum atomic E-state index is 12.4. The lowest BCUT2D eigenvalue weighted by molar-refractivity contribution is -0.110. The van der Waals surface area contributed by atoms with Crippen molar-refractivity contribution in [2.75, 3.05) is 11.9 Å². The Balaban J connectivity index is 1.88. The van der Waals surface area contributed by atoms with Gasteiger partial charge in [0.15, 0.2) is 5.71 Å². The number of amides is 1. The lowest BCUT2D eigenvalue weighted by atomic mass is 10.1. The average Bonchev–Trinajstić information content (AvgIpc) is 3.23. The maximum absolute atomic E-state index is 12.4. The monoisotopic (exact) mass is 420 g/mol. The van der Waals surface area contributed by atoms with Crippen molar-refractivity contribution >= 4 is 34.6 Å². The second kappa shape index (κ2) is 8.08. The number of para-hydroxylation sites is 1. The predicted molar refractivity (Wildman–Crippen MR) is 116 cm³/mol. The lowest BCUT2D eigenvalue weighted by Gasteiger charge is -2.07. The van der Waals surface area contributed by atoms with Crippen LogP contribution in [0.3, 0.4) is 0 Å². The minimum Gasteiger partial charge on any atom is -0.462 e. The molecule has 30 heavy (non-hydrogen) atoms. The number of ether oxygens (including phenoxy) is 1. The number of thiazole rings is 1. The number of carbonyl (C=O) groups is 2. The van der Waals surface area contributed by atoms with Crippen LogP contribution in [0.5, 0.6) is 0 Å². The van der Waals surface area contributed by atoms with Crippen LogP contribution in [0.2, 0.25) is 0 Å². The number of aryl methyl sites for hydroxylation is 1. The summed E-state index contributed by atoms with van der Waals surface area (Å²) < 4.78 is 7.04. The summed E-state index contributed by atoms with van der Waals surface area (Å²) in [6.07, 6.45) is 0. The molecule has 1 aliphatic heterocycles. The van der Waals surface area contributed by atoms with Crippen LogP contribution in [0.15, 0.2) is 58.7 Å². The lowest BCUT2D eigenvalue weighted by Crippen LogP contribution is -2.16. The van der Waals surface area contributed by atoms with Gasteiger partial charge in [0.1, 0.15) is 4.88 Å². The number of nitrogens with one attached hydrogen (secondary N) is 1. The largest absolute Gasteiger partial charge is 0.462 e. The van der Waals surface area contributed by atoms with E-state index in [1.54, 1.807) is 6.92 Å². The van der Waals surface area contributed by atoms with E-state index in [0.717, 1.165) is 11.3 Å². The molecule has 0 fully saturated rings. The van der Waals surface area contributed by atoms with Crippen molar-refractivity contribution in [3.63, 3.8) is 0 Å². The molecule has 2 heterocycles. The molecule has 1 aliphatic rings. The predicted octanol–water partition coefficient (Wildman–Crippen LogP) is 3.59. The first-order valence-electron chi connectivity index (χ1n) is 9.48. The van der Waals surface area contributed by atoms with Gasteiger partial charge in [-0.3, -0.25) is 9.36 Å². The number of hydrogen-bond acceptors (Lipinski definition) is 6. The van der Waals surface area contributed by atoms with Gasteiger partial charge < -0.3 is 10.1 Å². The third-order valence-electron chi connectivity index (χ3n) is 4.68. The van der Waals surface area contributed by atoms with Crippen LogP contribution in [-0.2, 0) is 9.53 Å². The van der Waals surface area contributed by atoms with E-state index in [1.165, 1.54) is 11.3 Å².